The lowest BCUT2D eigenvalue weighted by Crippen LogP contribution is -2.18. The Kier molecular flexibility index (Phi) is 5.73. The molecular weight excluding hydrogens is 252 g/mol. The molecule has 1 aliphatic rings. The molecule has 0 saturated heterocycles. The van der Waals surface area contributed by atoms with Gasteiger partial charge in [0.1, 0.15) is 11.9 Å². The molecule has 2 rings (SSSR count). The maximum absolute atomic E-state index is 5.80. The number of fused-ring (bicyclic) bond motifs is 1. The number of rotatable bonds is 6. The Morgan fingerprint density at radius 3 is 2.70 bits per heavy atom. The monoisotopic (exact) mass is 278 g/mol. The van der Waals surface area contributed by atoms with E-state index in [1.54, 1.807) is 0 Å². The molecule has 20 heavy (non-hydrogen) atoms. The molecule has 0 bridgehead atoms. The van der Waals surface area contributed by atoms with E-state index in [9.17, 15) is 0 Å². The standard InChI is InChI=1S/C15H26N4O/c1-3-8-13(20-4-2)15-17-12-10-7-5-6-9-11(12)14(18-15)19-16/h13H,3-10,16H2,1-2H3,(H,17,18,19). The Morgan fingerprint density at radius 1 is 1.20 bits per heavy atom. The first kappa shape index (κ1) is 15.2. The summed E-state index contributed by atoms with van der Waals surface area (Å²) in [5, 5.41) is 0. The van der Waals surface area contributed by atoms with Crippen LogP contribution in [0.5, 0.6) is 0 Å². The SMILES string of the molecule is CCCC(OCC)c1nc2c(c(NN)n1)CCCCC2. The van der Waals surface area contributed by atoms with Gasteiger partial charge >= 0.3 is 0 Å². The topological polar surface area (TPSA) is 73.1 Å². The summed E-state index contributed by atoms with van der Waals surface area (Å²) >= 11 is 0. The minimum Gasteiger partial charge on any atom is -0.371 e. The van der Waals surface area contributed by atoms with Crippen LogP contribution in [0.3, 0.4) is 0 Å². The van der Waals surface area contributed by atoms with Gasteiger partial charge in [0, 0.05) is 17.9 Å². The third kappa shape index (κ3) is 3.46. The molecule has 1 aromatic rings. The number of hydrogen-bond donors (Lipinski definition) is 2. The lowest BCUT2D eigenvalue weighted by atomic mass is 10.1. The third-order valence-electron chi connectivity index (χ3n) is 3.79. The molecule has 0 saturated carbocycles. The van der Waals surface area contributed by atoms with Crippen LogP contribution in [0, 0.1) is 0 Å². The summed E-state index contributed by atoms with van der Waals surface area (Å²) in [7, 11) is 0. The van der Waals surface area contributed by atoms with Gasteiger partial charge in [0.25, 0.3) is 0 Å². The van der Waals surface area contributed by atoms with Crippen molar-refractivity contribution in [3.05, 3.63) is 17.1 Å². The van der Waals surface area contributed by atoms with Crippen LogP contribution in [0.2, 0.25) is 0 Å². The van der Waals surface area contributed by atoms with Crippen LogP contribution < -0.4 is 11.3 Å². The van der Waals surface area contributed by atoms with Crippen LogP contribution in [0.1, 0.15) is 69.1 Å². The number of aromatic nitrogens is 2. The first-order chi connectivity index (χ1) is 9.80. The van der Waals surface area contributed by atoms with Crippen molar-refractivity contribution >= 4 is 5.82 Å². The number of nitrogens with two attached hydrogens (primary N) is 1. The fourth-order valence-electron chi connectivity index (χ4n) is 2.80. The first-order valence-electron chi connectivity index (χ1n) is 7.78. The smallest absolute Gasteiger partial charge is 0.159 e. The second-order valence-corrected chi connectivity index (χ2v) is 5.29. The molecule has 0 spiro atoms. The van der Waals surface area contributed by atoms with E-state index in [4.69, 9.17) is 15.6 Å². The number of anilines is 1. The van der Waals surface area contributed by atoms with Crippen LogP contribution in [0.25, 0.3) is 0 Å². The lowest BCUT2D eigenvalue weighted by molar-refractivity contribution is 0.0493. The second-order valence-electron chi connectivity index (χ2n) is 5.29. The zero-order valence-electron chi connectivity index (χ0n) is 12.6. The van der Waals surface area contributed by atoms with Crippen LogP contribution in [-0.4, -0.2) is 16.6 Å². The van der Waals surface area contributed by atoms with Crippen molar-refractivity contribution in [2.45, 2.75) is 64.9 Å². The fraction of sp³-hybridized carbons (Fsp3) is 0.733. The van der Waals surface area contributed by atoms with Gasteiger partial charge in [-0.1, -0.05) is 19.8 Å². The minimum absolute atomic E-state index is 0.0225. The Bertz CT molecular complexity index is 430. The lowest BCUT2D eigenvalue weighted by Gasteiger charge is -2.18. The molecule has 1 aromatic heterocycles. The van der Waals surface area contributed by atoms with Gasteiger partial charge in [-0.05, 0) is 39.0 Å². The molecule has 0 radical (unpaired) electrons. The van der Waals surface area contributed by atoms with Gasteiger partial charge in [-0.25, -0.2) is 15.8 Å². The van der Waals surface area contributed by atoms with E-state index in [0.717, 1.165) is 43.0 Å². The van der Waals surface area contributed by atoms with Crippen molar-refractivity contribution in [3.63, 3.8) is 0 Å². The van der Waals surface area contributed by atoms with E-state index in [1.165, 1.54) is 24.8 Å². The number of nitrogens with one attached hydrogen (secondary N) is 1. The van der Waals surface area contributed by atoms with Crippen molar-refractivity contribution < 1.29 is 4.74 Å². The molecule has 1 atom stereocenters. The molecule has 0 aliphatic heterocycles. The minimum atomic E-state index is -0.0225. The molecule has 112 valence electrons. The number of nitrogen functional groups attached to an aromatic ring is 1. The summed E-state index contributed by atoms with van der Waals surface area (Å²) in [5.41, 5.74) is 5.10. The van der Waals surface area contributed by atoms with Crippen LogP contribution in [-0.2, 0) is 17.6 Å². The third-order valence-corrected chi connectivity index (χ3v) is 3.79. The normalized spacial score (nSPS) is 16.4. The Hall–Kier alpha value is -1.20. The number of hydrogen-bond acceptors (Lipinski definition) is 5. The van der Waals surface area contributed by atoms with Crippen LogP contribution in [0.4, 0.5) is 5.82 Å². The van der Waals surface area contributed by atoms with Gasteiger partial charge in [-0.3, -0.25) is 0 Å². The van der Waals surface area contributed by atoms with E-state index in [2.05, 4.69) is 17.3 Å². The zero-order chi connectivity index (χ0) is 14.4. The molecular formula is C15H26N4O. The molecule has 1 heterocycles. The quantitative estimate of drug-likeness (QED) is 0.475. The van der Waals surface area contributed by atoms with Gasteiger partial charge in [0.2, 0.25) is 0 Å². The molecule has 1 unspecified atom stereocenters. The van der Waals surface area contributed by atoms with E-state index in [-0.39, 0.29) is 6.10 Å². The summed E-state index contributed by atoms with van der Waals surface area (Å²) in [4.78, 5) is 9.40. The number of hydrazine groups is 1. The summed E-state index contributed by atoms with van der Waals surface area (Å²) in [6, 6.07) is 0. The fourth-order valence-corrected chi connectivity index (χ4v) is 2.80. The number of nitrogens with zero attached hydrogens (tertiary/aromatic N) is 2. The van der Waals surface area contributed by atoms with Gasteiger partial charge in [0.05, 0.1) is 0 Å². The Morgan fingerprint density at radius 2 is 2.00 bits per heavy atom. The number of aryl methyl sites for hydroxylation is 1. The van der Waals surface area contributed by atoms with E-state index >= 15 is 0 Å². The largest absolute Gasteiger partial charge is 0.371 e. The van der Waals surface area contributed by atoms with Gasteiger partial charge < -0.3 is 10.2 Å². The van der Waals surface area contributed by atoms with E-state index < -0.39 is 0 Å². The highest BCUT2D eigenvalue weighted by atomic mass is 16.5. The molecule has 0 amide bonds. The summed E-state index contributed by atoms with van der Waals surface area (Å²) in [5.74, 6) is 7.23. The average Bonchev–Trinajstić information content (AvgIpc) is 2.71. The molecule has 1 aliphatic carbocycles. The van der Waals surface area contributed by atoms with E-state index in [1.807, 2.05) is 6.92 Å². The highest BCUT2D eigenvalue weighted by Gasteiger charge is 2.20. The van der Waals surface area contributed by atoms with Gasteiger partial charge in [-0.15, -0.1) is 0 Å². The summed E-state index contributed by atoms with van der Waals surface area (Å²) < 4.78 is 5.80. The zero-order valence-corrected chi connectivity index (χ0v) is 12.6. The predicted octanol–water partition coefficient (Wildman–Crippen LogP) is 2.91. The molecule has 5 heteroatoms. The van der Waals surface area contributed by atoms with Gasteiger partial charge in [-0.2, -0.15) is 0 Å². The van der Waals surface area contributed by atoms with Crippen molar-refractivity contribution in [1.82, 2.24) is 9.97 Å². The predicted molar refractivity (Wildman–Crippen MR) is 80.4 cm³/mol. The highest BCUT2D eigenvalue weighted by molar-refractivity contribution is 5.46. The highest BCUT2D eigenvalue weighted by Crippen LogP contribution is 2.28. The van der Waals surface area contributed by atoms with Gasteiger partial charge in [0.15, 0.2) is 5.82 Å². The van der Waals surface area contributed by atoms with Crippen LogP contribution >= 0.6 is 0 Å². The molecule has 5 nitrogen and oxygen atoms in total. The van der Waals surface area contributed by atoms with Crippen molar-refractivity contribution in [2.75, 3.05) is 12.0 Å². The molecule has 0 fully saturated rings. The average molecular weight is 278 g/mol. The maximum Gasteiger partial charge on any atom is 0.159 e. The second kappa shape index (κ2) is 7.55. The molecule has 3 N–H and O–H groups in total. The van der Waals surface area contributed by atoms with Crippen molar-refractivity contribution in [3.8, 4) is 0 Å². The molecule has 0 aromatic carbocycles. The van der Waals surface area contributed by atoms with Crippen molar-refractivity contribution in [1.29, 1.82) is 0 Å². The Balaban J connectivity index is 2.36. The van der Waals surface area contributed by atoms with Crippen molar-refractivity contribution in [2.24, 2.45) is 5.84 Å². The first-order valence-corrected chi connectivity index (χ1v) is 7.78. The number of ether oxygens (including phenoxy) is 1. The van der Waals surface area contributed by atoms with Crippen LogP contribution in [0.15, 0.2) is 0 Å². The Labute approximate surface area is 121 Å². The summed E-state index contributed by atoms with van der Waals surface area (Å²) in [6.45, 7) is 4.84. The maximum atomic E-state index is 5.80. The van der Waals surface area contributed by atoms with E-state index in [0.29, 0.717) is 6.61 Å². The summed E-state index contributed by atoms with van der Waals surface area (Å²) in [6.07, 6.45) is 7.64.